The lowest BCUT2D eigenvalue weighted by atomic mass is 10.2. The van der Waals surface area contributed by atoms with Crippen molar-refractivity contribution >= 4 is 39.1 Å². The number of rotatable bonds is 3. The molecule has 1 aromatic rings. The summed E-state index contributed by atoms with van der Waals surface area (Å²) < 4.78 is 0.866. The summed E-state index contributed by atoms with van der Waals surface area (Å²) in [5.74, 6) is -0.221. The average molecular weight is 292 g/mol. The van der Waals surface area contributed by atoms with E-state index in [0.29, 0.717) is 17.1 Å². The van der Waals surface area contributed by atoms with Gasteiger partial charge < -0.3 is 11.1 Å². The summed E-state index contributed by atoms with van der Waals surface area (Å²) in [6.07, 6.45) is 0.597. The molecule has 0 radical (unpaired) electrons. The fourth-order valence-electron chi connectivity index (χ4n) is 1.00. The lowest BCUT2D eigenvalue weighted by Gasteiger charge is -2.11. The van der Waals surface area contributed by atoms with Gasteiger partial charge in [0, 0.05) is 4.47 Å². The second kappa shape index (κ2) is 5.49. The van der Waals surface area contributed by atoms with Crippen LogP contribution in [-0.4, -0.2) is 11.9 Å². The molecule has 0 bridgehead atoms. The summed E-state index contributed by atoms with van der Waals surface area (Å²) in [6, 6.07) is 4.75. The van der Waals surface area contributed by atoms with Crippen LogP contribution in [0.5, 0.6) is 0 Å². The summed E-state index contributed by atoms with van der Waals surface area (Å²) in [7, 11) is 0. The van der Waals surface area contributed by atoms with Gasteiger partial charge in [-0.1, -0.05) is 34.5 Å². The van der Waals surface area contributed by atoms with Crippen molar-refractivity contribution in [2.24, 2.45) is 5.73 Å². The zero-order valence-corrected chi connectivity index (χ0v) is 10.6. The Labute approximate surface area is 102 Å². The molecule has 3 nitrogen and oxygen atoms in total. The van der Waals surface area contributed by atoms with Crippen LogP contribution in [0.1, 0.15) is 13.3 Å². The van der Waals surface area contributed by atoms with Gasteiger partial charge in [0.25, 0.3) is 0 Å². The Morgan fingerprint density at radius 1 is 1.67 bits per heavy atom. The predicted octanol–water partition coefficient (Wildman–Crippen LogP) is 2.78. The molecule has 15 heavy (non-hydrogen) atoms. The van der Waals surface area contributed by atoms with Crippen LogP contribution in [0.15, 0.2) is 22.7 Å². The van der Waals surface area contributed by atoms with Crippen LogP contribution in [0.2, 0.25) is 5.02 Å². The van der Waals surface area contributed by atoms with E-state index < -0.39 is 6.04 Å². The molecule has 1 amide bonds. The second-order valence-electron chi connectivity index (χ2n) is 3.13. The standard InChI is InChI=1S/C10H12BrClN2O/c1-2-8(13)10(15)14-9-4-3-6(11)5-7(9)12/h3-5,8H,2,13H2,1H3,(H,14,15). The normalized spacial score (nSPS) is 12.3. The fraction of sp³-hybridized carbons (Fsp3) is 0.300. The van der Waals surface area contributed by atoms with Crippen LogP contribution in [0.4, 0.5) is 5.69 Å². The number of carbonyl (C=O) groups excluding carboxylic acids is 1. The molecular formula is C10H12BrClN2O. The number of hydrogen-bond acceptors (Lipinski definition) is 2. The molecule has 0 aliphatic heterocycles. The van der Waals surface area contributed by atoms with Crippen LogP contribution in [-0.2, 0) is 4.79 Å². The van der Waals surface area contributed by atoms with E-state index in [0.717, 1.165) is 4.47 Å². The van der Waals surface area contributed by atoms with E-state index in [2.05, 4.69) is 21.2 Å². The maximum absolute atomic E-state index is 11.5. The minimum Gasteiger partial charge on any atom is -0.323 e. The molecule has 1 unspecified atom stereocenters. The SMILES string of the molecule is CCC(N)C(=O)Nc1ccc(Br)cc1Cl. The van der Waals surface area contributed by atoms with Crippen molar-refractivity contribution in [1.82, 2.24) is 0 Å². The Kier molecular flexibility index (Phi) is 4.57. The molecule has 5 heteroatoms. The second-order valence-corrected chi connectivity index (χ2v) is 4.45. The molecule has 0 spiro atoms. The molecule has 0 aliphatic carbocycles. The summed E-state index contributed by atoms with van der Waals surface area (Å²) >= 11 is 9.22. The maximum Gasteiger partial charge on any atom is 0.241 e. The first kappa shape index (κ1) is 12.5. The number of hydrogen-bond donors (Lipinski definition) is 2. The molecule has 3 N–H and O–H groups in total. The molecule has 82 valence electrons. The number of carbonyl (C=O) groups is 1. The zero-order chi connectivity index (χ0) is 11.4. The van der Waals surface area contributed by atoms with Gasteiger partial charge in [0.15, 0.2) is 0 Å². The lowest BCUT2D eigenvalue weighted by molar-refractivity contribution is -0.117. The largest absolute Gasteiger partial charge is 0.323 e. The highest BCUT2D eigenvalue weighted by molar-refractivity contribution is 9.10. The van der Waals surface area contributed by atoms with Gasteiger partial charge >= 0.3 is 0 Å². The highest BCUT2D eigenvalue weighted by atomic mass is 79.9. The number of anilines is 1. The Morgan fingerprint density at radius 2 is 2.33 bits per heavy atom. The Bertz CT molecular complexity index is 370. The van der Waals surface area contributed by atoms with E-state index in [4.69, 9.17) is 17.3 Å². The number of nitrogens with two attached hydrogens (primary N) is 1. The van der Waals surface area contributed by atoms with Gasteiger partial charge in [-0.25, -0.2) is 0 Å². The quantitative estimate of drug-likeness (QED) is 0.900. The van der Waals surface area contributed by atoms with Crippen LogP contribution in [0.3, 0.4) is 0 Å². The first-order chi connectivity index (χ1) is 7.04. The fourth-order valence-corrected chi connectivity index (χ4v) is 1.72. The van der Waals surface area contributed by atoms with Gasteiger partial charge in [0.05, 0.1) is 16.8 Å². The third kappa shape index (κ3) is 3.48. The van der Waals surface area contributed by atoms with E-state index >= 15 is 0 Å². The molecule has 0 aromatic heterocycles. The van der Waals surface area contributed by atoms with Crippen LogP contribution in [0, 0.1) is 0 Å². The van der Waals surface area contributed by atoms with Crippen molar-refractivity contribution in [2.75, 3.05) is 5.32 Å². The van der Waals surface area contributed by atoms with Crippen LogP contribution in [0.25, 0.3) is 0 Å². The van der Waals surface area contributed by atoms with E-state index in [1.807, 2.05) is 6.92 Å². The van der Waals surface area contributed by atoms with Crippen molar-refractivity contribution < 1.29 is 4.79 Å². The molecule has 0 saturated heterocycles. The zero-order valence-electron chi connectivity index (χ0n) is 8.26. The molecule has 1 rings (SSSR count). The van der Waals surface area contributed by atoms with Gasteiger partial charge in [-0.15, -0.1) is 0 Å². The Morgan fingerprint density at radius 3 is 2.87 bits per heavy atom. The topological polar surface area (TPSA) is 55.1 Å². The highest BCUT2D eigenvalue weighted by Crippen LogP contribution is 2.25. The number of halogens is 2. The number of benzene rings is 1. The first-order valence-corrected chi connectivity index (χ1v) is 5.73. The van der Waals surface area contributed by atoms with Gasteiger partial charge in [-0.2, -0.15) is 0 Å². The minimum atomic E-state index is -0.496. The first-order valence-electron chi connectivity index (χ1n) is 4.56. The van der Waals surface area contributed by atoms with Crippen molar-refractivity contribution in [3.05, 3.63) is 27.7 Å². The third-order valence-electron chi connectivity index (χ3n) is 1.97. The van der Waals surface area contributed by atoms with Gasteiger partial charge in [0.2, 0.25) is 5.91 Å². The van der Waals surface area contributed by atoms with Crippen LogP contribution < -0.4 is 11.1 Å². The minimum absolute atomic E-state index is 0.221. The van der Waals surface area contributed by atoms with E-state index in [9.17, 15) is 4.79 Å². The number of amides is 1. The van der Waals surface area contributed by atoms with Crippen molar-refractivity contribution in [3.8, 4) is 0 Å². The molecule has 0 aliphatic rings. The molecule has 0 heterocycles. The maximum atomic E-state index is 11.5. The molecule has 1 aromatic carbocycles. The number of nitrogens with one attached hydrogen (secondary N) is 1. The molecule has 0 fully saturated rings. The van der Waals surface area contributed by atoms with Gasteiger partial charge in [0.1, 0.15) is 0 Å². The Hall–Kier alpha value is -0.580. The summed E-state index contributed by atoms with van der Waals surface area (Å²) in [6.45, 7) is 1.85. The van der Waals surface area contributed by atoms with Gasteiger partial charge in [-0.05, 0) is 24.6 Å². The summed E-state index contributed by atoms with van der Waals surface area (Å²) in [4.78, 5) is 11.5. The summed E-state index contributed by atoms with van der Waals surface area (Å²) in [5, 5.41) is 3.16. The average Bonchev–Trinajstić information content (AvgIpc) is 2.20. The molecule has 1 atom stereocenters. The van der Waals surface area contributed by atoms with E-state index in [1.165, 1.54) is 0 Å². The lowest BCUT2D eigenvalue weighted by Crippen LogP contribution is -2.34. The van der Waals surface area contributed by atoms with E-state index in [1.54, 1.807) is 18.2 Å². The molecule has 0 saturated carbocycles. The molecular weight excluding hydrogens is 279 g/mol. The van der Waals surface area contributed by atoms with Crippen molar-refractivity contribution in [2.45, 2.75) is 19.4 Å². The third-order valence-corrected chi connectivity index (χ3v) is 2.77. The summed E-state index contributed by atoms with van der Waals surface area (Å²) in [5.41, 5.74) is 6.16. The monoisotopic (exact) mass is 290 g/mol. The smallest absolute Gasteiger partial charge is 0.241 e. The van der Waals surface area contributed by atoms with Crippen molar-refractivity contribution in [3.63, 3.8) is 0 Å². The van der Waals surface area contributed by atoms with Crippen molar-refractivity contribution in [1.29, 1.82) is 0 Å². The van der Waals surface area contributed by atoms with Crippen LogP contribution >= 0.6 is 27.5 Å². The highest BCUT2D eigenvalue weighted by Gasteiger charge is 2.12. The Balaban J connectivity index is 2.77. The van der Waals surface area contributed by atoms with Gasteiger partial charge in [-0.3, -0.25) is 4.79 Å². The predicted molar refractivity (Wildman–Crippen MR) is 66.0 cm³/mol. The van der Waals surface area contributed by atoms with E-state index in [-0.39, 0.29) is 5.91 Å².